The molecule has 0 fully saturated rings. The second-order valence-electron chi connectivity index (χ2n) is 29.9. The van der Waals surface area contributed by atoms with E-state index in [-0.39, 0.29) is 25.7 Å². The molecule has 0 aromatic heterocycles. The SMILES string of the molecule is CCCCCCCCCCCCCCCCCCCCCC(=O)O[C@H](COC(=O)CCCCCCCCCCCCCCCCC(C)CC)COP(=O)(O)OC[C@@H](O)COP(=O)(O)OC[C@@H](COC(=O)CCCCCCCCCC)OC(=O)CCCCCCCCCCCCCCC(C)C. The van der Waals surface area contributed by atoms with Crippen LogP contribution in [-0.4, -0.2) is 96.7 Å². The van der Waals surface area contributed by atoms with E-state index in [4.69, 9.17) is 37.0 Å². The van der Waals surface area contributed by atoms with Crippen LogP contribution in [0.3, 0.4) is 0 Å². The molecule has 0 radical (unpaired) electrons. The van der Waals surface area contributed by atoms with Gasteiger partial charge in [0.05, 0.1) is 26.4 Å². The van der Waals surface area contributed by atoms with Crippen LogP contribution in [0.2, 0.25) is 0 Å². The third-order valence-electron chi connectivity index (χ3n) is 19.3. The molecule has 0 bridgehead atoms. The molecule has 0 aliphatic rings. The fourth-order valence-electron chi connectivity index (χ4n) is 12.5. The van der Waals surface area contributed by atoms with Gasteiger partial charge in [0.2, 0.25) is 0 Å². The number of ether oxygens (including phenoxy) is 4. The summed E-state index contributed by atoms with van der Waals surface area (Å²) in [4.78, 5) is 72.9. The first-order chi connectivity index (χ1) is 48.4. The molecule has 0 saturated carbocycles. The van der Waals surface area contributed by atoms with Crippen molar-refractivity contribution in [2.75, 3.05) is 39.6 Å². The molecule has 0 spiro atoms. The van der Waals surface area contributed by atoms with E-state index < -0.39 is 97.5 Å². The Bertz CT molecular complexity index is 1930. The molecule has 6 atom stereocenters. The number of esters is 4. The molecule has 0 heterocycles. The van der Waals surface area contributed by atoms with Gasteiger partial charge in [-0.2, -0.15) is 0 Å². The van der Waals surface area contributed by atoms with Gasteiger partial charge in [-0.3, -0.25) is 37.3 Å². The van der Waals surface area contributed by atoms with Gasteiger partial charge in [0.25, 0.3) is 0 Å². The van der Waals surface area contributed by atoms with Gasteiger partial charge in [0, 0.05) is 25.7 Å². The van der Waals surface area contributed by atoms with Crippen LogP contribution in [0.1, 0.15) is 427 Å². The van der Waals surface area contributed by atoms with E-state index in [1.165, 1.54) is 238 Å². The summed E-state index contributed by atoms with van der Waals surface area (Å²) in [5.41, 5.74) is 0. The summed E-state index contributed by atoms with van der Waals surface area (Å²) < 4.78 is 68.7. The highest BCUT2D eigenvalue weighted by molar-refractivity contribution is 7.47. The van der Waals surface area contributed by atoms with Crippen molar-refractivity contribution in [3.63, 3.8) is 0 Å². The third kappa shape index (κ3) is 73.0. The average Bonchev–Trinajstić information content (AvgIpc) is 0.943. The van der Waals surface area contributed by atoms with Crippen molar-refractivity contribution in [3.8, 4) is 0 Å². The van der Waals surface area contributed by atoms with Crippen LogP contribution in [0.25, 0.3) is 0 Å². The van der Waals surface area contributed by atoms with Crippen LogP contribution in [0, 0.1) is 11.8 Å². The monoisotopic (exact) mass is 1470 g/mol. The molecule has 19 heteroatoms. The van der Waals surface area contributed by atoms with Crippen molar-refractivity contribution in [1.29, 1.82) is 0 Å². The van der Waals surface area contributed by atoms with E-state index in [0.717, 1.165) is 108 Å². The van der Waals surface area contributed by atoms with Gasteiger partial charge >= 0.3 is 39.5 Å². The number of carbonyl (C=O) groups is 4. The summed E-state index contributed by atoms with van der Waals surface area (Å²) in [6, 6.07) is 0. The topological polar surface area (TPSA) is 237 Å². The highest BCUT2D eigenvalue weighted by atomic mass is 31.2. The van der Waals surface area contributed by atoms with Gasteiger partial charge in [0.1, 0.15) is 19.3 Å². The Morgan fingerprint density at radius 2 is 0.510 bits per heavy atom. The number of rotatable bonds is 80. The first-order valence-corrected chi connectivity index (χ1v) is 45.0. The quantitative estimate of drug-likeness (QED) is 0.0222. The molecule has 3 unspecified atom stereocenters. The molecule has 0 aromatic rings. The maximum Gasteiger partial charge on any atom is 0.472 e. The molecular weight excluding hydrogens is 1310 g/mol. The first-order valence-electron chi connectivity index (χ1n) is 42.0. The third-order valence-corrected chi connectivity index (χ3v) is 21.2. The molecule has 0 aliphatic carbocycles. The summed E-state index contributed by atoms with van der Waals surface area (Å²) in [7, 11) is -9.92. The first kappa shape index (κ1) is 98.1. The zero-order valence-corrected chi connectivity index (χ0v) is 67.3. The van der Waals surface area contributed by atoms with Gasteiger partial charge in [-0.05, 0) is 37.5 Å². The average molecular weight is 1470 g/mol. The van der Waals surface area contributed by atoms with Crippen molar-refractivity contribution >= 4 is 39.5 Å². The lowest BCUT2D eigenvalue weighted by molar-refractivity contribution is -0.161. The number of unbranched alkanes of at least 4 members (excludes halogenated alkanes) is 49. The Balaban J connectivity index is 5.21. The summed E-state index contributed by atoms with van der Waals surface area (Å²) in [6.07, 6.45) is 62.4. The molecule has 3 N–H and O–H groups in total. The number of carbonyl (C=O) groups excluding carboxylic acids is 4. The number of aliphatic hydroxyl groups excluding tert-OH is 1. The molecular formula is C81H158O17P2. The van der Waals surface area contributed by atoms with Gasteiger partial charge in [-0.1, -0.05) is 375 Å². The molecule has 100 heavy (non-hydrogen) atoms. The molecule has 0 saturated heterocycles. The van der Waals surface area contributed by atoms with Crippen LogP contribution in [0.15, 0.2) is 0 Å². The van der Waals surface area contributed by atoms with E-state index in [2.05, 4.69) is 41.5 Å². The number of aliphatic hydroxyl groups is 1. The highest BCUT2D eigenvalue weighted by Gasteiger charge is 2.30. The van der Waals surface area contributed by atoms with E-state index in [0.29, 0.717) is 25.7 Å². The fourth-order valence-corrected chi connectivity index (χ4v) is 14.1. The summed E-state index contributed by atoms with van der Waals surface area (Å²) in [6.45, 7) is 9.67. The lowest BCUT2D eigenvalue weighted by Crippen LogP contribution is -2.30. The lowest BCUT2D eigenvalue weighted by Gasteiger charge is -2.21. The standard InChI is InChI=1S/C81H158O17P2/c1-7-10-12-14-16-18-19-20-21-22-23-24-25-30-36-41-47-53-59-65-80(85)98-77(70-92-79(84)64-58-52-46-40-35-29-27-26-28-34-39-44-50-56-62-74(6)9-3)72-96-100(89,90)94-68-75(82)67-93-99(87,88)95-71-76(69-91-78(83)63-57-51-45-17-15-13-11-8-2)97-81(86)66-60-54-48-42-37-32-31-33-38-43-49-55-61-73(4)5/h73-77,82H,7-72H2,1-6H3,(H,87,88)(H,89,90)/t74?,75-,76+,77+/m0/s1. The van der Waals surface area contributed by atoms with Crippen molar-refractivity contribution in [2.45, 2.75) is 445 Å². The number of hydrogen-bond donors (Lipinski definition) is 3. The largest absolute Gasteiger partial charge is 0.472 e. The molecule has 17 nitrogen and oxygen atoms in total. The van der Waals surface area contributed by atoms with Crippen molar-refractivity contribution in [2.24, 2.45) is 11.8 Å². The summed E-state index contributed by atoms with van der Waals surface area (Å²) >= 11 is 0. The van der Waals surface area contributed by atoms with Crippen molar-refractivity contribution in [3.05, 3.63) is 0 Å². The van der Waals surface area contributed by atoms with E-state index >= 15 is 0 Å². The minimum atomic E-state index is -4.96. The Hall–Kier alpha value is -1.94. The molecule has 0 amide bonds. The molecule has 0 rings (SSSR count). The Morgan fingerprint density at radius 3 is 0.760 bits per heavy atom. The fraction of sp³-hybridized carbons (Fsp3) is 0.951. The van der Waals surface area contributed by atoms with Crippen LogP contribution < -0.4 is 0 Å². The molecule has 0 aromatic carbocycles. The summed E-state index contributed by atoms with van der Waals surface area (Å²) in [5, 5.41) is 10.6. The van der Waals surface area contributed by atoms with Crippen LogP contribution in [0.4, 0.5) is 0 Å². The normalized spacial score (nSPS) is 14.2. The Morgan fingerprint density at radius 1 is 0.290 bits per heavy atom. The number of hydrogen-bond acceptors (Lipinski definition) is 15. The second-order valence-corrected chi connectivity index (χ2v) is 32.8. The second kappa shape index (κ2) is 72.6. The zero-order chi connectivity index (χ0) is 73.5. The highest BCUT2D eigenvalue weighted by Crippen LogP contribution is 2.45. The number of phosphoric acid groups is 2. The smallest absolute Gasteiger partial charge is 0.462 e. The lowest BCUT2D eigenvalue weighted by atomic mass is 9.99. The maximum atomic E-state index is 13.1. The predicted octanol–water partition coefficient (Wildman–Crippen LogP) is 24.3. The van der Waals surface area contributed by atoms with Gasteiger partial charge < -0.3 is 33.8 Å². The minimum Gasteiger partial charge on any atom is -0.462 e. The molecule has 0 aliphatic heterocycles. The summed E-state index contributed by atoms with van der Waals surface area (Å²) in [5.74, 6) is -0.484. The maximum absolute atomic E-state index is 13.1. The van der Waals surface area contributed by atoms with Crippen molar-refractivity contribution < 1.29 is 80.2 Å². The van der Waals surface area contributed by atoms with E-state index in [1.807, 2.05) is 0 Å². The van der Waals surface area contributed by atoms with Gasteiger partial charge in [-0.15, -0.1) is 0 Å². The number of phosphoric ester groups is 2. The van der Waals surface area contributed by atoms with Crippen LogP contribution in [0.5, 0.6) is 0 Å². The molecule has 594 valence electrons. The zero-order valence-electron chi connectivity index (χ0n) is 65.5. The predicted molar refractivity (Wildman–Crippen MR) is 409 cm³/mol. The van der Waals surface area contributed by atoms with E-state index in [1.54, 1.807) is 0 Å². The van der Waals surface area contributed by atoms with Gasteiger partial charge in [0.15, 0.2) is 12.2 Å². The van der Waals surface area contributed by atoms with E-state index in [9.17, 15) is 43.2 Å². The minimum absolute atomic E-state index is 0.107. The van der Waals surface area contributed by atoms with Gasteiger partial charge in [-0.25, -0.2) is 9.13 Å². The van der Waals surface area contributed by atoms with Crippen LogP contribution in [-0.2, 0) is 65.4 Å². The van der Waals surface area contributed by atoms with Crippen LogP contribution >= 0.6 is 15.6 Å². The Kier molecular flexibility index (Phi) is 71.2. The van der Waals surface area contributed by atoms with Crippen molar-refractivity contribution in [1.82, 2.24) is 0 Å². The Labute approximate surface area is 613 Å².